The van der Waals surface area contributed by atoms with E-state index in [1.54, 1.807) is 4.90 Å². The van der Waals surface area contributed by atoms with E-state index < -0.39 is 0 Å². The molecular weight excluding hydrogens is 318 g/mol. The number of nitrogens with zero attached hydrogens (tertiary/aromatic N) is 6. The average molecular weight is 343 g/mol. The molecule has 8 nitrogen and oxygen atoms in total. The maximum atomic E-state index is 11.9. The summed E-state index contributed by atoms with van der Waals surface area (Å²) in [6.45, 7) is 7.74. The molecule has 0 atom stereocenters. The zero-order chi connectivity index (χ0) is 17.8. The molecule has 134 valence electrons. The van der Waals surface area contributed by atoms with Gasteiger partial charge in [-0.2, -0.15) is 0 Å². The van der Waals surface area contributed by atoms with Gasteiger partial charge in [-0.05, 0) is 5.92 Å². The Labute approximate surface area is 147 Å². The Kier molecular flexibility index (Phi) is 5.16. The van der Waals surface area contributed by atoms with E-state index in [9.17, 15) is 4.79 Å². The van der Waals surface area contributed by atoms with Gasteiger partial charge in [-0.15, -0.1) is 0 Å². The molecule has 8 heteroatoms. The van der Waals surface area contributed by atoms with Gasteiger partial charge in [-0.25, -0.2) is 15.0 Å². The second-order valence-electron chi connectivity index (χ2n) is 6.74. The van der Waals surface area contributed by atoms with Gasteiger partial charge < -0.3 is 19.7 Å². The van der Waals surface area contributed by atoms with E-state index in [-0.39, 0.29) is 5.91 Å². The van der Waals surface area contributed by atoms with Gasteiger partial charge in [0, 0.05) is 45.1 Å². The van der Waals surface area contributed by atoms with E-state index >= 15 is 0 Å². The van der Waals surface area contributed by atoms with Crippen molar-refractivity contribution in [1.82, 2.24) is 24.4 Å². The molecular formula is C17H25N7O. The molecule has 2 aromatic rings. The highest BCUT2D eigenvalue weighted by molar-refractivity contribution is 5.82. The summed E-state index contributed by atoms with van der Waals surface area (Å²) in [6.07, 6.45) is 5.35. The number of anilines is 2. The second kappa shape index (κ2) is 7.50. The van der Waals surface area contributed by atoms with Crippen molar-refractivity contribution in [3.8, 4) is 0 Å². The summed E-state index contributed by atoms with van der Waals surface area (Å²) >= 11 is 0. The predicted octanol–water partition coefficient (Wildman–Crippen LogP) is 1.22. The van der Waals surface area contributed by atoms with Crippen molar-refractivity contribution in [2.75, 3.05) is 36.9 Å². The van der Waals surface area contributed by atoms with Crippen LogP contribution < -0.4 is 10.2 Å². The fraction of sp³-hybridized carbons (Fsp3) is 0.529. The zero-order valence-electron chi connectivity index (χ0n) is 15.0. The Balaban J connectivity index is 1.64. The highest BCUT2D eigenvalue weighted by Gasteiger charge is 2.22. The minimum atomic E-state index is 0.107. The SMILES string of the molecule is CC(C)Cn1ccnc1CNc1cc(N2CCN(C)C(=O)C2)ncn1. The summed E-state index contributed by atoms with van der Waals surface area (Å²) in [7, 11) is 1.83. The first-order valence-corrected chi connectivity index (χ1v) is 8.57. The lowest BCUT2D eigenvalue weighted by atomic mass is 10.2. The lowest BCUT2D eigenvalue weighted by molar-refractivity contribution is -0.129. The maximum absolute atomic E-state index is 11.9. The Morgan fingerprint density at radius 2 is 2.08 bits per heavy atom. The molecule has 0 unspecified atom stereocenters. The van der Waals surface area contributed by atoms with Gasteiger partial charge in [-0.1, -0.05) is 13.8 Å². The van der Waals surface area contributed by atoms with Crippen LogP contribution in [0.4, 0.5) is 11.6 Å². The smallest absolute Gasteiger partial charge is 0.241 e. The van der Waals surface area contributed by atoms with Crippen LogP contribution in [0.5, 0.6) is 0 Å². The summed E-state index contributed by atoms with van der Waals surface area (Å²) < 4.78 is 2.15. The number of hydrogen-bond acceptors (Lipinski definition) is 6. The molecule has 0 radical (unpaired) electrons. The molecule has 0 aliphatic carbocycles. The molecule has 3 rings (SSSR count). The standard InChI is InChI=1S/C17H25N7O/c1-13(2)10-23-5-4-18-16(23)9-19-14-8-15(21-12-20-14)24-7-6-22(3)17(25)11-24/h4-5,8,12-13H,6-7,9-11H2,1-3H3,(H,19,20,21). The summed E-state index contributed by atoms with van der Waals surface area (Å²) in [6, 6.07) is 1.88. The van der Waals surface area contributed by atoms with Crippen molar-refractivity contribution < 1.29 is 4.79 Å². The Hall–Kier alpha value is -2.64. The van der Waals surface area contributed by atoms with Gasteiger partial charge >= 0.3 is 0 Å². The van der Waals surface area contributed by atoms with E-state index in [1.807, 2.05) is 30.4 Å². The van der Waals surface area contributed by atoms with E-state index in [4.69, 9.17) is 0 Å². The molecule has 0 aromatic carbocycles. The van der Waals surface area contributed by atoms with Crippen LogP contribution in [0.2, 0.25) is 0 Å². The molecule has 3 heterocycles. The monoisotopic (exact) mass is 343 g/mol. The number of carbonyl (C=O) groups is 1. The Morgan fingerprint density at radius 1 is 1.24 bits per heavy atom. The van der Waals surface area contributed by atoms with Gasteiger partial charge in [0.15, 0.2) is 0 Å². The molecule has 0 bridgehead atoms. The average Bonchev–Trinajstić information content (AvgIpc) is 3.02. The largest absolute Gasteiger partial charge is 0.363 e. The van der Waals surface area contributed by atoms with Crippen LogP contribution in [0.25, 0.3) is 0 Å². The lowest BCUT2D eigenvalue weighted by Gasteiger charge is -2.32. The predicted molar refractivity (Wildman–Crippen MR) is 96.3 cm³/mol. The summed E-state index contributed by atoms with van der Waals surface area (Å²) in [4.78, 5) is 28.6. The van der Waals surface area contributed by atoms with Gasteiger partial charge in [0.05, 0.1) is 13.1 Å². The molecule has 1 saturated heterocycles. The highest BCUT2D eigenvalue weighted by atomic mass is 16.2. The van der Waals surface area contributed by atoms with Crippen molar-refractivity contribution >= 4 is 17.5 Å². The number of hydrogen-bond donors (Lipinski definition) is 1. The molecule has 2 aromatic heterocycles. The third-order valence-electron chi connectivity index (χ3n) is 4.23. The molecule has 1 aliphatic heterocycles. The van der Waals surface area contributed by atoms with Crippen molar-refractivity contribution in [3.63, 3.8) is 0 Å². The number of imidazole rings is 1. The van der Waals surface area contributed by atoms with E-state index in [1.165, 1.54) is 6.33 Å². The number of nitrogens with one attached hydrogen (secondary N) is 1. The van der Waals surface area contributed by atoms with Crippen LogP contribution in [0.15, 0.2) is 24.8 Å². The Morgan fingerprint density at radius 3 is 2.84 bits per heavy atom. The van der Waals surface area contributed by atoms with Crippen LogP contribution in [-0.4, -0.2) is 57.0 Å². The summed E-state index contributed by atoms with van der Waals surface area (Å²) in [5.41, 5.74) is 0. The lowest BCUT2D eigenvalue weighted by Crippen LogP contribution is -2.48. The first-order valence-electron chi connectivity index (χ1n) is 8.57. The quantitative estimate of drug-likeness (QED) is 0.850. The van der Waals surface area contributed by atoms with Gasteiger partial charge in [0.2, 0.25) is 5.91 Å². The molecule has 1 aliphatic rings. The molecule has 1 fully saturated rings. The highest BCUT2D eigenvalue weighted by Crippen LogP contribution is 2.17. The van der Waals surface area contributed by atoms with Gasteiger partial charge in [0.1, 0.15) is 23.8 Å². The summed E-state index contributed by atoms with van der Waals surface area (Å²) in [5.74, 6) is 3.15. The van der Waals surface area contributed by atoms with Crippen molar-refractivity contribution in [3.05, 3.63) is 30.6 Å². The first-order chi connectivity index (χ1) is 12.0. The number of likely N-dealkylation sites (N-methyl/N-ethyl adjacent to an activating group) is 1. The van der Waals surface area contributed by atoms with E-state index in [0.717, 1.165) is 30.5 Å². The third-order valence-corrected chi connectivity index (χ3v) is 4.23. The van der Waals surface area contributed by atoms with Crippen LogP contribution in [0.3, 0.4) is 0 Å². The summed E-state index contributed by atoms with van der Waals surface area (Å²) in [5, 5.41) is 3.30. The molecule has 25 heavy (non-hydrogen) atoms. The maximum Gasteiger partial charge on any atom is 0.241 e. The fourth-order valence-corrected chi connectivity index (χ4v) is 2.81. The minimum Gasteiger partial charge on any atom is -0.363 e. The number of aromatic nitrogens is 4. The molecule has 1 amide bonds. The number of rotatable bonds is 6. The first kappa shape index (κ1) is 17.2. The zero-order valence-corrected chi connectivity index (χ0v) is 15.0. The molecule has 0 spiro atoms. The van der Waals surface area contributed by atoms with E-state index in [2.05, 4.69) is 38.7 Å². The second-order valence-corrected chi connectivity index (χ2v) is 6.74. The fourth-order valence-electron chi connectivity index (χ4n) is 2.81. The van der Waals surface area contributed by atoms with Crippen molar-refractivity contribution in [2.24, 2.45) is 5.92 Å². The normalized spacial score (nSPS) is 15.1. The van der Waals surface area contributed by atoms with Crippen LogP contribution in [0.1, 0.15) is 19.7 Å². The van der Waals surface area contributed by atoms with Crippen molar-refractivity contribution in [1.29, 1.82) is 0 Å². The van der Waals surface area contributed by atoms with Crippen molar-refractivity contribution in [2.45, 2.75) is 26.9 Å². The van der Waals surface area contributed by atoms with Crippen LogP contribution in [-0.2, 0) is 17.9 Å². The third kappa shape index (κ3) is 4.26. The Bertz CT molecular complexity index is 727. The van der Waals surface area contributed by atoms with E-state index in [0.29, 0.717) is 25.6 Å². The molecule has 0 saturated carbocycles. The number of amides is 1. The number of carbonyl (C=O) groups excluding carboxylic acids is 1. The van der Waals surface area contributed by atoms with Gasteiger partial charge in [0.25, 0.3) is 0 Å². The molecule has 1 N–H and O–H groups in total. The number of piperazine rings is 1. The van der Waals surface area contributed by atoms with Crippen LogP contribution in [0, 0.1) is 5.92 Å². The minimum absolute atomic E-state index is 0.107. The topological polar surface area (TPSA) is 79.2 Å². The van der Waals surface area contributed by atoms with Gasteiger partial charge in [-0.3, -0.25) is 4.79 Å². The van der Waals surface area contributed by atoms with Crippen LogP contribution >= 0.6 is 0 Å².